The number of nitrogens with one attached hydrogen (secondary N) is 1. The molecular formula is C17H21FN2O. The number of hydrogen-bond acceptors (Lipinski definition) is 3. The van der Waals surface area contributed by atoms with Crippen LogP contribution in [0.15, 0.2) is 42.7 Å². The van der Waals surface area contributed by atoms with Crippen LogP contribution in [-0.2, 0) is 13.2 Å². The Morgan fingerprint density at radius 1 is 1.24 bits per heavy atom. The fourth-order valence-corrected chi connectivity index (χ4v) is 1.98. The van der Waals surface area contributed by atoms with E-state index in [0.29, 0.717) is 12.5 Å². The number of hydrogen-bond donors (Lipinski definition) is 1. The predicted molar refractivity (Wildman–Crippen MR) is 81.5 cm³/mol. The van der Waals surface area contributed by atoms with Crippen LogP contribution in [0.25, 0.3) is 0 Å². The Morgan fingerprint density at radius 3 is 2.81 bits per heavy atom. The standard InChI is InChI=1S/C17H21FN2O/c1-13(2)8-19-10-15-5-3-4-6-17(15)21-12-14-7-16(18)11-20-9-14/h3-7,9,11,13,19H,8,10,12H2,1-2H3. The lowest BCUT2D eigenvalue weighted by molar-refractivity contribution is 0.300. The largest absolute Gasteiger partial charge is 0.489 e. The van der Waals surface area contributed by atoms with Crippen LogP contribution in [0.5, 0.6) is 5.75 Å². The second kappa shape index (κ2) is 7.74. The molecule has 1 N–H and O–H groups in total. The van der Waals surface area contributed by atoms with Crippen molar-refractivity contribution in [2.75, 3.05) is 6.54 Å². The number of ether oxygens (including phenoxy) is 1. The lowest BCUT2D eigenvalue weighted by Gasteiger charge is -2.13. The number of aromatic nitrogens is 1. The van der Waals surface area contributed by atoms with Gasteiger partial charge in [-0.05, 0) is 24.6 Å². The zero-order valence-electron chi connectivity index (χ0n) is 12.5. The lowest BCUT2D eigenvalue weighted by Crippen LogP contribution is -2.19. The Balaban J connectivity index is 1.96. The molecule has 3 nitrogen and oxygen atoms in total. The third-order valence-corrected chi connectivity index (χ3v) is 3.00. The second-order valence-electron chi connectivity index (χ2n) is 5.43. The van der Waals surface area contributed by atoms with E-state index in [1.807, 2.05) is 24.3 Å². The number of benzene rings is 1. The van der Waals surface area contributed by atoms with E-state index in [0.717, 1.165) is 30.0 Å². The van der Waals surface area contributed by atoms with Gasteiger partial charge in [0.25, 0.3) is 0 Å². The molecule has 1 aromatic carbocycles. The van der Waals surface area contributed by atoms with Gasteiger partial charge >= 0.3 is 0 Å². The highest BCUT2D eigenvalue weighted by molar-refractivity contribution is 5.33. The molecule has 0 amide bonds. The summed E-state index contributed by atoms with van der Waals surface area (Å²) in [6, 6.07) is 9.33. The van der Waals surface area contributed by atoms with Crippen molar-refractivity contribution in [1.29, 1.82) is 0 Å². The van der Waals surface area contributed by atoms with Crippen LogP contribution in [0.3, 0.4) is 0 Å². The van der Waals surface area contributed by atoms with E-state index in [4.69, 9.17) is 4.74 Å². The van der Waals surface area contributed by atoms with Crippen LogP contribution in [0.1, 0.15) is 25.0 Å². The fourth-order valence-electron chi connectivity index (χ4n) is 1.98. The monoisotopic (exact) mass is 288 g/mol. The Morgan fingerprint density at radius 2 is 2.05 bits per heavy atom. The molecule has 0 spiro atoms. The van der Waals surface area contributed by atoms with Crippen LogP contribution < -0.4 is 10.1 Å². The first-order valence-electron chi connectivity index (χ1n) is 7.16. The molecule has 0 bridgehead atoms. The lowest BCUT2D eigenvalue weighted by atomic mass is 10.2. The summed E-state index contributed by atoms with van der Waals surface area (Å²) in [5.41, 5.74) is 1.82. The van der Waals surface area contributed by atoms with Gasteiger partial charge in [0, 0.05) is 23.9 Å². The highest BCUT2D eigenvalue weighted by Gasteiger charge is 2.04. The van der Waals surface area contributed by atoms with E-state index in [-0.39, 0.29) is 5.82 Å². The molecule has 0 unspecified atom stereocenters. The molecule has 0 atom stereocenters. The maximum atomic E-state index is 13.1. The molecule has 0 aliphatic rings. The Hall–Kier alpha value is -1.94. The van der Waals surface area contributed by atoms with Crippen LogP contribution in [0, 0.1) is 11.7 Å². The number of nitrogens with zero attached hydrogens (tertiary/aromatic N) is 1. The molecule has 0 fully saturated rings. The van der Waals surface area contributed by atoms with E-state index in [9.17, 15) is 4.39 Å². The third kappa shape index (κ3) is 5.16. The molecule has 0 saturated carbocycles. The quantitative estimate of drug-likeness (QED) is 0.846. The third-order valence-electron chi connectivity index (χ3n) is 3.00. The molecule has 2 rings (SSSR count). The van der Waals surface area contributed by atoms with Crippen LogP contribution in [0.4, 0.5) is 4.39 Å². The van der Waals surface area contributed by atoms with Crippen molar-refractivity contribution in [3.63, 3.8) is 0 Å². The van der Waals surface area contributed by atoms with Crippen LogP contribution in [-0.4, -0.2) is 11.5 Å². The maximum absolute atomic E-state index is 13.1. The molecule has 2 aromatic rings. The molecule has 112 valence electrons. The van der Waals surface area contributed by atoms with Crippen molar-refractivity contribution in [3.8, 4) is 5.75 Å². The van der Waals surface area contributed by atoms with E-state index in [1.54, 1.807) is 6.20 Å². The molecule has 0 saturated heterocycles. The molecular weight excluding hydrogens is 267 g/mol. The van der Waals surface area contributed by atoms with Gasteiger partial charge in [0.15, 0.2) is 0 Å². The average molecular weight is 288 g/mol. The molecule has 0 radical (unpaired) electrons. The van der Waals surface area contributed by atoms with E-state index < -0.39 is 0 Å². The summed E-state index contributed by atoms with van der Waals surface area (Å²) in [5, 5.41) is 3.40. The number of pyridine rings is 1. The van der Waals surface area contributed by atoms with Gasteiger partial charge in [-0.3, -0.25) is 4.98 Å². The molecule has 4 heteroatoms. The minimum atomic E-state index is -0.344. The summed E-state index contributed by atoms with van der Waals surface area (Å²) >= 11 is 0. The Kier molecular flexibility index (Phi) is 5.69. The average Bonchev–Trinajstić information content (AvgIpc) is 2.46. The Labute approximate surface area is 125 Å². The van der Waals surface area contributed by atoms with Crippen LogP contribution in [0.2, 0.25) is 0 Å². The van der Waals surface area contributed by atoms with Crippen molar-refractivity contribution in [3.05, 3.63) is 59.7 Å². The summed E-state index contributed by atoms with van der Waals surface area (Å²) in [6.07, 6.45) is 2.80. The van der Waals surface area contributed by atoms with Crippen molar-refractivity contribution < 1.29 is 9.13 Å². The van der Waals surface area contributed by atoms with E-state index in [1.165, 1.54) is 12.3 Å². The SMILES string of the molecule is CC(C)CNCc1ccccc1OCc1cncc(F)c1. The Bertz CT molecular complexity index is 572. The number of para-hydroxylation sites is 1. The van der Waals surface area contributed by atoms with Crippen molar-refractivity contribution in [2.45, 2.75) is 27.0 Å². The normalized spacial score (nSPS) is 10.9. The molecule has 0 aliphatic carbocycles. The second-order valence-corrected chi connectivity index (χ2v) is 5.43. The molecule has 1 heterocycles. The van der Waals surface area contributed by atoms with Crippen molar-refractivity contribution in [1.82, 2.24) is 10.3 Å². The van der Waals surface area contributed by atoms with Gasteiger partial charge in [0.05, 0.1) is 6.20 Å². The molecule has 0 aliphatic heterocycles. The van der Waals surface area contributed by atoms with E-state index in [2.05, 4.69) is 24.1 Å². The minimum Gasteiger partial charge on any atom is -0.489 e. The van der Waals surface area contributed by atoms with Gasteiger partial charge in [-0.15, -0.1) is 0 Å². The predicted octanol–water partition coefficient (Wildman–Crippen LogP) is 3.55. The highest BCUT2D eigenvalue weighted by atomic mass is 19.1. The zero-order chi connectivity index (χ0) is 15.1. The smallest absolute Gasteiger partial charge is 0.141 e. The zero-order valence-corrected chi connectivity index (χ0v) is 12.5. The van der Waals surface area contributed by atoms with E-state index >= 15 is 0 Å². The highest BCUT2D eigenvalue weighted by Crippen LogP contribution is 2.19. The van der Waals surface area contributed by atoms with Crippen molar-refractivity contribution in [2.24, 2.45) is 5.92 Å². The van der Waals surface area contributed by atoms with Crippen LogP contribution >= 0.6 is 0 Å². The minimum absolute atomic E-state index is 0.311. The van der Waals surface area contributed by atoms with Gasteiger partial charge in [0.2, 0.25) is 0 Å². The summed E-state index contributed by atoms with van der Waals surface area (Å²) in [7, 11) is 0. The summed E-state index contributed by atoms with van der Waals surface area (Å²) < 4.78 is 18.9. The summed E-state index contributed by atoms with van der Waals surface area (Å²) in [6.45, 7) is 6.38. The van der Waals surface area contributed by atoms with Gasteiger partial charge in [-0.2, -0.15) is 0 Å². The van der Waals surface area contributed by atoms with Gasteiger partial charge in [-0.25, -0.2) is 4.39 Å². The molecule has 21 heavy (non-hydrogen) atoms. The first-order valence-corrected chi connectivity index (χ1v) is 7.16. The summed E-state index contributed by atoms with van der Waals surface area (Å²) in [4.78, 5) is 3.82. The van der Waals surface area contributed by atoms with Gasteiger partial charge in [0.1, 0.15) is 18.2 Å². The topological polar surface area (TPSA) is 34.1 Å². The first kappa shape index (κ1) is 15.4. The first-order chi connectivity index (χ1) is 10.1. The number of halogens is 1. The maximum Gasteiger partial charge on any atom is 0.141 e. The summed E-state index contributed by atoms with van der Waals surface area (Å²) in [5.74, 6) is 1.08. The van der Waals surface area contributed by atoms with Crippen molar-refractivity contribution >= 4 is 0 Å². The van der Waals surface area contributed by atoms with Gasteiger partial charge in [-0.1, -0.05) is 32.0 Å². The van der Waals surface area contributed by atoms with Gasteiger partial charge < -0.3 is 10.1 Å². The fraction of sp³-hybridized carbons (Fsp3) is 0.353. The number of rotatable bonds is 7. The molecule has 1 aromatic heterocycles.